The van der Waals surface area contributed by atoms with Crippen molar-refractivity contribution >= 4 is 21.9 Å². The first kappa shape index (κ1) is 35.8. The van der Waals surface area contributed by atoms with E-state index in [0.29, 0.717) is 5.92 Å². The second-order valence-corrected chi connectivity index (χ2v) is 11.4. The Hall–Kier alpha value is -1.24. The van der Waals surface area contributed by atoms with Crippen LogP contribution in [0, 0.1) is 46.5 Å². The third-order valence-electron chi connectivity index (χ3n) is 8.60. The summed E-state index contributed by atoms with van der Waals surface area (Å²) in [5, 5.41) is 2.50. The van der Waals surface area contributed by atoms with Crippen molar-refractivity contribution in [1.82, 2.24) is 0 Å². The second kappa shape index (κ2) is 17.4. The van der Waals surface area contributed by atoms with Gasteiger partial charge in [0.1, 0.15) is 11.2 Å². The van der Waals surface area contributed by atoms with Crippen LogP contribution in [-0.2, 0) is 17.1 Å². The molecule has 2 saturated carbocycles. The predicted octanol–water partition coefficient (Wildman–Crippen LogP) is 12.0. The van der Waals surface area contributed by atoms with Crippen LogP contribution in [0.4, 0.5) is 0 Å². The number of furan rings is 1. The molecule has 2 aromatic carbocycles. The van der Waals surface area contributed by atoms with Crippen molar-refractivity contribution < 1.29 is 21.5 Å². The van der Waals surface area contributed by atoms with Crippen LogP contribution in [0.5, 0.6) is 0 Å². The molecule has 3 aromatic rings. The summed E-state index contributed by atoms with van der Waals surface area (Å²) >= 11 is 0. The van der Waals surface area contributed by atoms with E-state index >= 15 is 0 Å². The number of rotatable bonds is 4. The summed E-state index contributed by atoms with van der Waals surface area (Å²) in [4.78, 5) is 0. The number of hydrogen-bond acceptors (Lipinski definition) is 1. The zero-order chi connectivity index (χ0) is 24.7. The van der Waals surface area contributed by atoms with E-state index in [-0.39, 0.29) is 31.9 Å². The molecule has 2 aliphatic carbocycles. The van der Waals surface area contributed by atoms with Crippen molar-refractivity contribution in [2.75, 3.05) is 0 Å². The Balaban J connectivity index is 0.000000610. The maximum atomic E-state index is 6.12. The summed E-state index contributed by atoms with van der Waals surface area (Å²) in [5.74, 6) is 3.56. The second-order valence-electron chi connectivity index (χ2n) is 11.4. The largest absolute Gasteiger partial charge is 2.00 e. The first-order valence-electron chi connectivity index (χ1n) is 14.3. The predicted molar refractivity (Wildman–Crippen MR) is 164 cm³/mol. The van der Waals surface area contributed by atoms with Gasteiger partial charge in [0.25, 0.3) is 0 Å². The summed E-state index contributed by atoms with van der Waals surface area (Å²) in [6, 6.07) is 10.9. The molecule has 0 amide bonds. The van der Waals surface area contributed by atoms with Crippen molar-refractivity contribution in [3.63, 3.8) is 0 Å². The average molecular weight is 549 g/mol. The van der Waals surface area contributed by atoms with Crippen molar-refractivity contribution in [2.45, 2.75) is 119 Å². The maximum Gasteiger partial charge on any atom is 2.00 e. The quantitative estimate of drug-likeness (QED) is 0.233. The van der Waals surface area contributed by atoms with Gasteiger partial charge in [-0.05, 0) is 79.7 Å². The molecule has 210 valence electrons. The van der Waals surface area contributed by atoms with Gasteiger partial charge in [-0.25, -0.2) is 0 Å². The van der Waals surface area contributed by atoms with E-state index in [0.717, 1.165) is 35.3 Å². The zero-order valence-electron chi connectivity index (χ0n) is 25.5. The normalized spacial score (nSPS) is 19.9. The van der Waals surface area contributed by atoms with E-state index in [1.54, 1.807) is 0 Å². The molecule has 4 atom stereocenters. The molecule has 1 nitrogen and oxygen atoms in total. The summed E-state index contributed by atoms with van der Waals surface area (Å²) in [7, 11) is 0. The molecule has 4 unspecified atom stereocenters. The first-order valence-corrected chi connectivity index (χ1v) is 14.3. The van der Waals surface area contributed by atoms with Crippen LogP contribution >= 0.6 is 0 Å². The Morgan fingerprint density at radius 1 is 0.784 bits per heavy atom. The van der Waals surface area contributed by atoms with Crippen LogP contribution in [0.3, 0.4) is 0 Å². The van der Waals surface area contributed by atoms with Crippen molar-refractivity contribution in [2.24, 2.45) is 17.8 Å². The molecule has 0 bridgehead atoms. The van der Waals surface area contributed by atoms with Crippen LogP contribution in [0.2, 0.25) is 0 Å². The molecular formula is C35H56FeO. The Kier molecular flexibility index (Phi) is 16.8. The first-order chi connectivity index (χ1) is 16.3. The molecular weight excluding hydrogens is 492 g/mol. The molecule has 2 heteroatoms. The third-order valence-corrected chi connectivity index (χ3v) is 8.60. The topological polar surface area (TPSA) is 13.1 Å². The van der Waals surface area contributed by atoms with Gasteiger partial charge in [0.05, 0.1) is 0 Å². The molecule has 2 aliphatic rings. The van der Waals surface area contributed by atoms with Crippen LogP contribution < -0.4 is 0 Å². The van der Waals surface area contributed by atoms with E-state index in [1.165, 1.54) is 85.3 Å². The summed E-state index contributed by atoms with van der Waals surface area (Å²) in [6.45, 7) is 15.9. The van der Waals surface area contributed by atoms with Crippen LogP contribution in [-0.4, -0.2) is 0 Å². The van der Waals surface area contributed by atoms with E-state index in [9.17, 15) is 0 Å². The molecule has 0 saturated heterocycles. The Labute approximate surface area is 241 Å². The van der Waals surface area contributed by atoms with Gasteiger partial charge in [-0.15, -0.1) is 0 Å². The SMILES string of the molecule is C1CCCC1.CCC(C)C1CCCC1C.CCC(C)c1cc(C)cc2c1oc1ccc(C)cc12.[CH3-].[CH3-].[Fe+2]. The van der Waals surface area contributed by atoms with Gasteiger partial charge < -0.3 is 19.3 Å². The fraction of sp³-hybridized carbons (Fsp3) is 0.600. The molecule has 0 spiro atoms. The molecule has 0 radical (unpaired) electrons. The molecule has 2 fully saturated rings. The van der Waals surface area contributed by atoms with Gasteiger partial charge in [0.2, 0.25) is 0 Å². The molecule has 37 heavy (non-hydrogen) atoms. The minimum atomic E-state index is 0. The smallest absolute Gasteiger partial charge is 0.456 e. The van der Waals surface area contributed by atoms with Crippen molar-refractivity contribution in [3.8, 4) is 0 Å². The maximum absolute atomic E-state index is 6.12. The van der Waals surface area contributed by atoms with Gasteiger partial charge in [-0.2, -0.15) is 0 Å². The third kappa shape index (κ3) is 9.47. The molecule has 0 aliphatic heterocycles. The van der Waals surface area contributed by atoms with Gasteiger partial charge in [0, 0.05) is 10.8 Å². The Bertz CT molecular complexity index is 1020. The number of aryl methyl sites for hydroxylation is 2. The number of hydrogen-bond donors (Lipinski definition) is 0. The molecule has 5 rings (SSSR count). The fourth-order valence-electron chi connectivity index (χ4n) is 5.96. The molecule has 0 N–H and O–H groups in total. The molecule has 1 heterocycles. The number of fused-ring (bicyclic) bond motifs is 3. The van der Waals surface area contributed by atoms with E-state index < -0.39 is 0 Å². The zero-order valence-corrected chi connectivity index (χ0v) is 26.6. The van der Waals surface area contributed by atoms with Crippen LogP contribution in [0.15, 0.2) is 34.7 Å². The average Bonchev–Trinajstić information content (AvgIpc) is 3.60. The van der Waals surface area contributed by atoms with Gasteiger partial charge in [0.15, 0.2) is 0 Å². The minimum Gasteiger partial charge on any atom is -0.456 e. The summed E-state index contributed by atoms with van der Waals surface area (Å²) in [6.07, 6.45) is 14.5. The van der Waals surface area contributed by atoms with Gasteiger partial charge >= 0.3 is 17.1 Å². The van der Waals surface area contributed by atoms with Gasteiger partial charge in [-0.1, -0.05) is 104 Å². The van der Waals surface area contributed by atoms with Crippen molar-refractivity contribution in [3.05, 3.63) is 61.9 Å². The Morgan fingerprint density at radius 2 is 1.38 bits per heavy atom. The molecule has 1 aromatic heterocycles. The summed E-state index contributed by atoms with van der Waals surface area (Å²) < 4.78 is 6.12. The number of benzene rings is 2. The fourth-order valence-corrected chi connectivity index (χ4v) is 5.96. The van der Waals surface area contributed by atoms with E-state index in [4.69, 9.17) is 4.42 Å². The van der Waals surface area contributed by atoms with Crippen molar-refractivity contribution in [1.29, 1.82) is 0 Å². The monoisotopic (exact) mass is 548 g/mol. The standard InChI is InChI=1S/C18H20O.C10H20.C5H10.2CH3.Fe/c1-5-13(4)14-9-12(3)10-16-15-8-11(2)6-7-17(15)19-18(14)16;1-4-8(2)10-7-5-6-9(10)3;1-2-4-5-3-1;;;/h6-10,13H,5H2,1-4H3;8-10H,4-7H2,1-3H3;1-5H2;2*1H3;/q;;;2*-1;+2. The van der Waals surface area contributed by atoms with E-state index in [1.807, 2.05) is 0 Å². The Morgan fingerprint density at radius 3 is 1.89 bits per heavy atom. The van der Waals surface area contributed by atoms with Crippen LogP contribution in [0.25, 0.3) is 21.9 Å². The van der Waals surface area contributed by atoms with Crippen LogP contribution in [0.1, 0.15) is 121 Å². The minimum absolute atomic E-state index is 0. The van der Waals surface area contributed by atoms with E-state index in [2.05, 4.69) is 78.8 Å². The summed E-state index contributed by atoms with van der Waals surface area (Å²) in [5.41, 5.74) is 6.00. The van der Waals surface area contributed by atoms with Gasteiger partial charge in [-0.3, -0.25) is 0 Å².